The number of hydrogen-bond acceptors (Lipinski definition) is 3. The van der Waals surface area contributed by atoms with E-state index in [2.05, 4.69) is 10.3 Å². The second-order valence-corrected chi connectivity index (χ2v) is 8.69. The third-order valence-corrected chi connectivity index (χ3v) is 6.49. The number of benzene rings is 2. The van der Waals surface area contributed by atoms with Gasteiger partial charge in [0.2, 0.25) is 5.91 Å². The van der Waals surface area contributed by atoms with Gasteiger partial charge in [-0.05, 0) is 37.7 Å². The topological polar surface area (TPSA) is 98.3 Å². The summed E-state index contributed by atoms with van der Waals surface area (Å²) in [6.07, 6.45) is 4.51. The normalized spacial score (nSPS) is 18.9. The Labute approximate surface area is 193 Å². The third kappa shape index (κ3) is 5.61. The fraction of sp³-hybridized carbons (Fsp3) is 0.346. The Morgan fingerprint density at radius 2 is 1.70 bits per heavy atom. The first-order valence-electron chi connectivity index (χ1n) is 11.4. The molecule has 33 heavy (non-hydrogen) atoms. The van der Waals surface area contributed by atoms with E-state index in [4.69, 9.17) is 4.98 Å². The van der Waals surface area contributed by atoms with Gasteiger partial charge < -0.3 is 20.3 Å². The van der Waals surface area contributed by atoms with Crippen LogP contribution in [0.2, 0.25) is 0 Å². The van der Waals surface area contributed by atoms with Gasteiger partial charge in [0.1, 0.15) is 5.82 Å². The molecule has 1 aliphatic rings. The Hall–Kier alpha value is -3.61. The summed E-state index contributed by atoms with van der Waals surface area (Å²) in [5.74, 6) is 0.154. The van der Waals surface area contributed by atoms with Crippen LogP contribution in [0.4, 0.5) is 4.79 Å². The molecule has 1 saturated carbocycles. The Morgan fingerprint density at radius 3 is 2.33 bits per heavy atom. The second-order valence-electron chi connectivity index (χ2n) is 8.69. The van der Waals surface area contributed by atoms with Crippen LogP contribution in [0.25, 0.3) is 11.3 Å². The molecule has 1 fully saturated rings. The van der Waals surface area contributed by atoms with Gasteiger partial charge in [0.05, 0.1) is 11.6 Å². The average Bonchev–Trinajstić information content (AvgIpc) is 3.33. The number of carboxylic acid groups (broad SMARTS) is 1. The molecule has 4 rings (SSSR count). The maximum atomic E-state index is 13.4. The van der Waals surface area contributed by atoms with Gasteiger partial charge in [-0.15, -0.1) is 0 Å². The molecule has 1 unspecified atom stereocenters. The highest BCUT2D eigenvalue weighted by Crippen LogP contribution is 2.26. The van der Waals surface area contributed by atoms with Gasteiger partial charge >= 0.3 is 6.09 Å². The molecule has 3 aromatic rings. The number of imidazole rings is 1. The number of nitrogens with zero attached hydrogens (tertiary/aromatic N) is 2. The van der Waals surface area contributed by atoms with E-state index in [0.717, 1.165) is 42.5 Å². The molecule has 172 valence electrons. The van der Waals surface area contributed by atoms with Crippen LogP contribution in [0.5, 0.6) is 0 Å². The van der Waals surface area contributed by atoms with E-state index >= 15 is 0 Å². The van der Waals surface area contributed by atoms with Crippen molar-refractivity contribution in [1.29, 1.82) is 0 Å². The summed E-state index contributed by atoms with van der Waals surface area (Å²) < 4.78 is 0. The minimum atomic E-state index is -0.905. The smallest absolute Gasteiger partial charge is 0.407 e. The van der Waals surface area contributed by atoms with Crippen molar-refractivity contribution >= 4 is 12.0 Å². The quantitative estimate of drug-likeness (QED) is 0.500. The molecule has 0 aliphatic heterocycles. The molecule has 0 radical (unpaired) electrons. The van der Waals surface area contributed by atoms with Gasteiger partial charge in [0.25, 0.3) is 0 Å². The van der Waals surface area contributed by atoms with Crippen molar-refractivity contribution in [3.63, 3.8) is 0 Å². The zero-order valence-corrected chi connectivity index (χ0v) is 18.8. The molecule has 2 amide bonds. The zero-order valence-electron chi connectivity index (χ0n) is 18.8. The predicted octanol–water partition coefficient (Wildman–Crippen LogP) is 4.44. The molecule has 0 bridgehead atoms. The van der Waals surface area contributed by atoms with Gasteiger partial charge in [-0.2, -0.15) is 0 Å². The molecular weight excluding hydrogens is 416 g/mol. The van der Waals surface area contributed by atoms with Crippen molar-refractivity contribution in [2.24, 2.45) is 0 Å². The number of rotatable bonds is 7. The van der Waals surface area contributed by atoms with E-state index in [0.29, 0.717) is 12.2 Å². The highest BCUT2D eigenvalue weighted by molar-refractivity contribution is 5.83. The second kappa shape index (κ2) is 10.3. The molecule has 2 aromatic carbocycles. The molecule has 1 atom stereocenters. The minimum absolute atomic E-state index is 0.00859. The van der Waals surface area contributed by atoms with Crippen LogP contribution in [0.1, 0.15) is 43.0 Å². The van der Waals surface area contributed by atoms with E-state index in [1.807, 2.05) is 66.9 Å². The van der Waals surface area contributed by atoms with Gasteiger partial charge in [-0.1, -0.05) is 60.7 Å². The fourth-order valence-corrected chi connectivity index (χ4v) is 4.50. The molecule has 1 heterocycles. The molecule has 3 N–H and O–H groups in total. The fourth-order valence-electron chi connectivity index (χ4n) is 4.50. The summed E-state index contributed by atoms with van der Waals surface area (Å²) in [5.41, 5.74) is 2.88. The van der Waals surface area contributed by atoms with Crippen LogP contribution in [0, 0.1) is 0 Å². The van der Waals surface area contributed by atoms with Crippen molar-refractivity contribution in [2.75, 3.05) is 7.05 Å². The van der Waals surface area contributed by atoms with Crippen LogP contribution in [-0.4, -0.2) is 51.1 Å². The lowest BCUT2D eigenvalue weighted by Crippen LogP contribution is -2.45. The highest BCUT2D eigenvalue weighted by atomic mass is 16.4. The first kappa shape index (κ1) is 22.6. The van der Waals surface area contributed by atoms with Crippen molar-refractivity contribution in [3.05, 3.63) is 78.2 Å². The van der Waals surface area contributed by atoms with Crippen LogP contribution in [-0.2, 0) is 11.2 Å². The SMILES string of the molecule is CN(C(=O)O)[C@H]1CC[C@H](NC(=O)C(Cc2ccccc2)c2nc(-c3ccccc3)c[nH]2)CC1. The number of H-pyrrole nitrogens is 1. The van der Waals surface area contributed by atoms with Gasteiger partial charge in [0.15, 0.2) is 0 Å². The lowest BCUT2D eigenvalue weighted by Gasteiger charge is -2.34. The lowest BCUT2D eigenvalue weighted by atomic mass is 9.89. The van der Waals surface area contributed by atoms with Gasteiger partial charge in [0, 0.05) is 30.9 Å². The maximum Gasteiger partial charge on any atom is 0.407 e. The standard InChI is InChI=1S/C26H30N4O3/c1-30(26(32)33)21-14-12-20(13-15-21)28-25(31)22(16-18-8-4-2-5-9-18)24-27-17-23(29-24)19-10-6-3-7-11-19/h2-11,17,20-22H,12-16H2,1H3,(H,27,29)(H,28,31)(H,32,33)/t20-,21-,22?. The third-order valence-electron chi connectivity index (χ3n) is 6.49. The van der Waals surface area contributed by atoms with Crippen molar-refractivity contribution in [3.8, 4) is 11.3 Å². The Kier molecular flexibility index (Phi) is 7.07. The predicted molar refractivity (Wildman–Crippen MR) is 127 cm³/mol. The molecule has 7 heteroatoms. The molecular formula is C26H30N4O3. The van der Waals surface area contributed by atoms with Gasteiger partial charge in [-0.25, -0.2) is 9.78 Å². The van der Waals surface area contributed by atoms with Crippen molar-refractivity contribution < 1.29 is 14.7 Å². The molecule has 0 saturated heterocycles. The summed E-state index contributed by atoms with van der Waals surface area (Å²) >= 11 is 0. The van der Waals surface area contributed by atoms with Crippen LogP contribution < -0.4 is 5.32 Å². The molecule has 0 spiro atoms. The van der Waals surface area contributed by atoms with E-state index in [9.17, 15) is 14.7 Å². The monoisotopic (exact) mass is 446 g/mol. The summed E-state index contributed by atoms with van der Waals surface area (Å²) in [4.78, 5) is 34.0. The van der Waals surface area contributed by atoms with E-state index < -0.39 is 12.0 Å². The number of aromatic nitrogens is 2. The Balaban J connectivity index is 1.48. The summed E-state index contributed by atoms with van der Waals surface area (Å²) in [6.45, 7) is 0. The number of carbonyl (C=O) groups excluding carboxylic acids is 1. The average molecular weight is 447 g/mol. The van der Waals surface area contributed by atoms with Crippen LogP contribution in [0.3, 0.4) is 0 Å². The lowest BCUT2D eigenvalue weighted by molar-refractivity contribution is -0.123. The molecule has 1 aromatic heterocycles. The first-order valence-corrected chi connectivity index (χ1v) is 11.4. The van der Waals surface area contributed by atoms with E-state index in [1.165, 1.54) is 4.90 Å². The number of hydrogen-bond donors (Lipinski definition) is 3. The molecule has 1 aliphatic carbocycles. The van der Waals surface area contributed by atoms with Crippen molar-refractivity contribution in [1.82, 2.24) is 20.2 Å². The number of aromatic amines is 1. The Morgan fingerprint density at radius 1 is 1.06 bits per heavy atom. The molecule has 7 nitrogen and oxygen atoms in total. The number of nitrogens with one attached hydrogen (secondary N) is 2. The van der Waals surface area contributed by atoms with E-state index in [-0.39, 0.29) is 18.0 Å². The minimum Gasteiger partial charge on any atom is -0.465 e. The summed E-state index contributed by atoms with van der Waals surface area (Å²) in [7, 11) is 1.61. The van der Waals surface area contributed by atoms with E-state index in [1.54, 1.807) is 7.05 Å². The largest absolute Gasteiger partial charge is 0.465 e. The summed E-state index contributed by atoms with van der Waals surface area (Å²) in [5, 5.41) is 12.4. The maximum absolute atomic E-state index is 13.4. The summed E-state index contributed by atoms with van der Waals surface area (Å²) in [6, 6.07) is 19.9. The zero-order chi connectivity index (χ0) is 23.2. The highest BCUT2D eigenvalue weighted by Gasteiger charge is 2.30. The van der Waals surface area contributed by atoms with Crippen LogP contribution >= 0.6 is 0 Å². The van der Waals surface area contributed by atoms with Gasteiger partial charge in [-0.3, -0.25) is 4.79 Å². The number of carbonyl (C=O) groups is 2. The van der Waals surface area contributed by atoms with Crippen LogP contribution in [0.15, 0.2) is 66.9 Å². The van der Waals surface area contributed by atoms with Crippen molar-refractivity contribution in [2.45, 2.75) is 50.1 Å². The number of amides is 2. The Bertz CT molecular complexity index is 1060. The first-order chi connectivity index (χ1) is 16.0.